The topological polar surface area (TPSA) is 30.2 Å². The van der Waals surface area contributed by atoms with Crippen molar-refractivity contribution < 1.29 is 0 Å². The molecule has 0 saturated carbocycles. The Morgan fingerprint density at radius 1 is 0.327 bits per heavy atom. The van der Waals surface area contributed by atoms with Crippen molar-refractivity contribution in [3.63, 3.8) is 0 Å². The van der Waals surface area contributed by atoms with Gasteiger partial charge in [-0.15, -0.1) is 0 Å². The molecule has 0 aliphatic carbocycles. The highest BCUT2D eigenvalue weighted by atomic mass is 15.2. The fraction of sp³-hybridized carbons (Fsp3) is 0. The van der Waals surface area contributed by atoms with Gasteiger partial charge in [-0.2, -0.15) is 5.10 Å². The van der Waals surface area contributed by atoms with Gasteiger partial charge in [0.25, 0.3) is 0 Å². The summed E-state index contributed by atoms with van der Waals surface area (Å²) in [6, 6.07) is 75.1. The summed E-state index contributed by atoms with van der Waals surface area (Å²) in [5, 5.41) is 7.68. The molecule has 3 nitrogen and oxygen atoms in total. The van der Waals surface area contributed by atoms with E-state index in [0.29, 0.717) is 0 Å². The van der Waals surface area contributed by atoms with Gasteiger partial charge in [-0.1, -0.05) is 182 Å². The van der Waals surface area contributed by atoms with Gasteiger partial charge in [-0.05, 0) is 63.5 Å². The zero-order valence-electron chi connectivity index (χ0n) is 30.0. The highest BCUT2D eigenvalue weighted by Crippen LogP contribution is 2.42. The first-order valence-electron chi connectivity index (χ1n) is 18.7. The van der Waals surface area contributed by atoms with Crippen molar-refractivity contribution in [1.29, 1.82) is 0 Å². The fourth-order valence-electron chi connectivity index (χ4n) is 7.71. The van der Waals surface area contributed by atoms with Crippen molar-refractivity contribution in [2.24, 2.45) is 0 Å². The van der Waals surface area contributed by atoms with Crippen LogP contribution in [-0.2, 0) is 0 Å². The molecule has 0 spiro atoms. The lowest BCUT2D eigenvalue weighted by atomic mass is 9.94. The smallest absolute Gasteiger partial charge is 0.101 e. The molecule has 7 aromatic carbocycles. The molecule has 0 amide bonds. The summed E-state index contributed by atoms with van der Waals surface area (Å²) in [5.74, 6) is 0. The van der Waals surface area contributed by atoms with E-state index in [1.165, 1.54) is 11.1 Å². The zero-order valence-corrected chi connectivity index (χ0v) is 30.0. The van der Waals surface area contributed by atoms with E-state index in [9.17, 15) is 0 Å². The summed E-state index contributed by atoms with van der Waals surface area (Å²) in [5.41, 5.74) is 16.2. The maximum Gasteiger partial charge on any atom is 0.101 e. The molecule has 3 heterocycles. The number of rotatable bonds is 7. The van der Waals surface area contributed by atoms with Crippen LogP contribution in [0.3, 0.4) is 0 Å². The van der Waals surface area contributed by atoms with Crippen LogP contribution in [0.2, 0.25) is 0 Å². The Bertz CT molecular complexity index is 2940. The van der Waals surface area contributed by atoms with E-state index in [4.69, 9.17) is 10.1 Å². The average molecular weight is 702 g/mol. The summed E-state index contributed by atoms with van der Waals surface area (Å²) in [7, 11) is 0. The highest BCUT2D eigenvalue weighted by molar-refractivity contribution is 6.09. The van der Waals surface area contributed by atoms with Crippen molar-refractivity contribution in [2.75, 3.05) is 0 Å². The highest BCUT2D eigenvalue weighted by Gasteiger charge is 2.22. The second-order valence-corrected chi connectivity index (χ2v) is 13.9. The quantitative estimate of drug-likeness (QED) is 0.166. The third-order valence-corrected chi connectivity index (χ3v) is 10.4. The number of nitrogens with zero attached hydrogens (tertiary/aromatic N) is 3. The Morgan fingerprint density at radius 3 is 1.49 bits per heavy atom. The minimum absolute atomic E-state index is 0.935. The maximum atomic E-state index is 5.39. The predicted molar refractivity (Wildman–Crippen MR) is 229 cm³/mol. The third-order valence-electron chi connectivity index (χ3n) is 10.4. The number of aromatic nitrogens is 3. The standard InChI is InChI=1S/C52H35N3/c1-6-17-36(18-7-1)41-27-16-28-43(31-41)48-34-44(33-47(53-48)37-19-8-2-9-20-37)42-29-30-46-45(32-42)35-49(38-21-10-3-11-22-38)55-52(46)50(39-23-12-4-13-24-39)51(54-55)40-25-14-5-15-26-40/h1-35H. The van der Waals surface area contributed by atoms with Crippen LogP contribution in [0.15, 0.2) is 212 Å². The lowest BCUT2D eigenvalue weighted by Gasteiger charge is -2.14. The van der Waals surface area contributed by atoms with Crippen LogP contribution in [0.25, 0.3) is 94.7 Å². The molecule has 3 aromatic heterocycles. The van der Waals surface area contributed by atoms with Gasteiger partial charge in [0.1, 0.15) is 5.69 Å². The molecule has 0 unspecified atom stereocenters. The molecule has 0 fully saturated rings. The summed E-state index contributed by atoms with van der Waals surface area (Å²) < 4.78 is 2.15. The molecule has 0 bridgehead atoms. The minimum atomic E-state index is 0.935. The average Bonchev–Trinajstić information content (AvgIpc) is 3.68. The molecule has 0 saturated heterocycles. The van der Waals surface area contributed by atoms with E-state index in [2.05, 4.69) is 217 Å². The van der Waals surface area contributed by atoms with Crippen molar-refractivity contribution >= 4 is 16.3 Å². The molecule has 10 aromatic rings. The Balaban J connectivity index is 1.22. The first-order chi connectivity index (χ1) is 27.3. The van der Waals surface area contributed by atoms with E-state index < -0.39 is 0 Å². The van der Waals surface area contributed by atoms with Crippen molar-refractivity contribution in [2.45, 2.75) is 0 Å². The molecule has 0 radical (unpaired) electrons. The van der Waals surface area contributed by atoms with E-state index in [0.717, 1.165) is 83.6 Å². The first kappa shape index (κ1) is 32.3. The van der Waals surface area contributed by atoms with Crippen LogP contribution < -0.4 is 0 Å². The van der Waals surface area contributed by atoms with Crippen molar-refractivity contribution in [3.05, 3.63) is 212 Å². The van der Waals surface area contributed by atoms with Crippen LogP contribution in [0.5, 0.6) is 0 Å². The Hall–Kier alpha value is -7.36. The molecule has 10 rings (SSSR count). The van der Waals surface area contributed by atoms with Gasteiger partial charge in [0.05, 0.1) is 22.6 Å². The SMILES string of the molecule is c1ccc(-c2cccc(-c3cc(-c4ccc5c(c4)cc(-c4ccccc4)n4nc(-c6ccccc6)c(-c6ccccc6)c54)cc(-c4ccccc4)n3)c2)cc1. The van der Waals surface area contributed by atoms with Crippen LogP contribution in [0.1, 0.15) is 0 Å². The van der Waals surface area contributed by atoms with E-state index in [1.807, 2.05) is 0 Å². The molecule has 55 heavy (non-hydrogen) atoms. The number of pyridine rings is 2. The van der Waals surface area contributed by atoms with Gasteiger partial charge in [0, 0.05) is 33.2 Å². The summed E-state index contributed by atoms with van der Waals surface area (Å²) in [6.45, 7) is 0. The largest absolute Gasteiger partial charge is 0.248 e. The number of hydrogen-bond donors (Lipinski definition) is 0. The molecule has 3 heteroatoms. The van der Waals surface area contributed by atoms with Gasteiger partial charge < -0.3 is 0 Å². The fourth-order valence-corrected chi connectivity index (χ4v) is 7.71. The lowest BCUT2D eigenvalue weighted by Crippen LogP contribution is -1.96. The minimum Gasteiger partial charge on any atom is -0.248 e. The molecule has 258 valence electrons. The van der Waals surface area contributed by atoms with E-state index in [-0.39, 0.29) is 0 Å². The normalized spacial score (nSPS) is 11.3. The number of fused-ring (bicyclic) bond motifs is 3. The van der Waals surface area contributed by atoms with Crippen LogP contribution >= 0.6 is 0 Å². The summed E-state index contributed by atoms with van der Waals surface area (Å²) >= 11 is 0. The Morgan fingerprint density at radius 2 is 0.836 bits per heavy atom. The zero-order chi connectivity index (χ0) is 36.6. The van der Waals surface area contributed by atoms with Crippen LogP contribution in [-0.4, -0.2) is 14.6 Å². The molecule has 0 aliphatic rings. The maximum absolute atomic E-state index is 5.39. The predicted octanol–water partition coefficient (Wildman–Crippen LogP) is 13.6. The van der Waals surface area contributed by atoms with Crippen molar-refractivity contribution in [3.8, 4) is 78.4 Å². The van der Waals surface area contributed by atoms with Crippen molar-refractivity contribution in [1.82, 2.24) is 14.6 Å². The van der Waals surface area contributed by atoms with Gasteiger partial charge in [-0.25, -0.2) is 9.50 Å². The van der Waals surface area contributed by atoms with Crippen LogP contribution in [0, 0.1) is 0 Å². The van der Waals surface area contributed by atoms with E-state index in [1.54, 1.807) is 0 Å². The Kier molecular flexibility index (Phi) is 8.16. The molecule has 0 atom stereocenters. The molecule has 0 aliphatic heterocycles. The lowest BCUT2D eigenvalue weighted by molar-refractivity contribution is 0.979. The molecule has 0 N–H and O–H groups in total. The first-order valence-corrected chi connectivity index (χ1v) is 18.7. The summed E-state index contributed by atoms with van der Waals surface area (Å²) in [4.78, 5) is 5.26. The number of hydrogen-bond acceptors (Lipinski definition) is 2. The number of benzene rings is 7. The second kappa shape index (κ2) is 13.9. The van der Waals surface area contributed by atoms with Gasteiger partial charge >= 0.3 is 0 Å². The van der Waals surface area contributed by atoms with Crippen LogP contribution in [0.4, 0.5) is 0 Å². The second-order valence-electron chi connectivity index (χ2n) is 13.9. The third kappa shape index (κ3) is 6.08. The van der Waals surface area contributed by atoms with Gasteiger partial charge in [-0.3, -0.25) is 0 Å². The monoisotopic (exact) mass is 701 g/mol. The van der Waals surface area contributed by atoms with Gasteiger partial charge in [0.15, 0.2) is 0 Å². The Labute approximate surface area is 320 Å². The molecular formula is C52H35N3. The van der Waals surface area contributed by atoms with E-state index >= 15 is 0 Å². The molecular weight excluding hydrogens is 667 g/mol. The van der Waals surface area contributed by atoms with Gasteiger partial charge in [0.2, 0.25) is 0 Å². The summed E-state index contributed by atoms with van der Waals surface area (Å²) in [6.07, 6.45) is 0.